The molecule has 1 saturated heterocycles. The van der Waals surface area contributed by atoms with Crippen LogP contribution < -0.4 is 10.3 Å². The van der Waals surface area contributed by atoms with E-state index < -0.39 is 17.6 Å². The Kier molecular flexibility index (Phi) is 6.27. The number of fused-ring (bicyclic) bond motifs is 1. The minimum Gasteiger partial charge on any atom is -0.494 e. The molecule has 1 aromatic heterocycles. The Morgan fingerprint density at radius 3 is 2.39 bits per heavy atom. The summed E-state index contributed by atoms with van der Waals surface area (Å²) in [5, 5.41) is 0.133. The molecule has 1 fully saturated rings. The van der Waals surface area contributed by atoms with Crippen LogP contribution in [0.25, 0.3) is 16.6 Å². The zero-order valence-corrected chi connectivity index (χ0v) is 17.1. The van der Waals surface area contributed by atoms with Crippen LogP contribution in [0, 0.1) is 0 Å². The second-order valence-corrected chi connectivity index (χ2v) is 7.69. The van der Waals surface area contributed by atoms with E-state index in [9.17, 15) is 18.0 Å². The van der Waals surface area contributed by atoms with Crippen LogP contribution in [0.3, 0.4) is 0 Å². The van der Waals surface area contributed by atoms with E-state index in [0.29, 0.717) is 16.9 Å². The van der Waals surface area contributed by atoms with Gasteiger partial charge >= 0.3 is 6.18 Å². The van der Waals surface area contributed by atoms with E-state index in [1.165, 1.54) is 43.5 Å². The van der Waals surface area contributed by atoms with E-state index in [2.05, 4.69) is 9.88 Å². The molecule has 2 heterocycles. The first-order valence-corrected chi connectivity index (χ1v) is 10.5. The van der Waals surface area contributed by atoms with Gasteiger partial charge in [-0.1, -0.05) is 18.6 Å². The minimum atomic E-state index is -4.77. The monoisotopic (exact) mass is 431 g/mol. The number of halogens is 3. The average molecular weight is 431 g/mol. The first-order valence-electron chi connectivity index (χ1n) is 10.5. The Morgan fingerprint density at radius 2 is 1.68 bits per heavy atom. The first kappa shape index (κ1) is 21.4. The zero-order chi connectivity index (χ0) is 21.8. The lowest BCUT2D eigenvalue weighted by Crippen LogP contribution is -2.31. The highest BCUT2D eigenvalue weighted by atomic mass is 19.4. The summed E-state index contributed by atoms with van der Waals surface area (Å²) in [6.07, 6.45) is -0.109. The largest absolute Gasteiger partial charge is 0.494 e. The summed E-state index contributed by atoms with van der Waals surface area (Å²) in [5.74, 6) is -0.691. The Balaban J connectivity index is 1.52. The molecule has 0 radical (unpaired) electrons. The second kappa shape index (κ2) is 9.09. The molecule has 8 heteroatoms. The van der Waals surface area contributed by atoms with Crippen molar-refractivity contribution in [3.8, 4) is 11.4 Å². The van der Waals surface area contributed by atoms with E-state index in [1.807, 2.05) is 0 Å². The number of hydrogen-bond donors (Lipinski definition) is 0. The average Bonchev–Trinajstić information content (AvgIpc) is 2.77. The smallest absolute Gasteiger partial charge is 0.450 e. The van der Waals surface area contributed by atoms with E-state index in [-0.39, 0.29) is 16.6 Å². The molecule has 4 rings (SSSR count). The van der Waals surface area contributed by atoms with Crippen LogP contribution in [0.15, 0.2) is 53.3 Å². The van der Waals surface area contributed by atoms with Gasteiger partial charge in [0.15, 0.2) is 0 Å². The predicted octanol–water partition coefficient (Wildman–Crippen LogP) is 4.66. The molecule has 0 amide bonds. The van der Waals surface area contributed by atoms with Gasteiger partial charge in [0.25, 0.3) is 5.56 Å². The Morgan fingerprint density at radius 1 is 0.968 bits per heavy atom. The molecule has 31 heavy (non-hydrogen) atoms. The summed E-state index contributed by atoms with van der Waals surface area (Å²) in [7, 11) is 0. The van der Waals surface area contributed by atoms with Crippen LogP contribution in [0.1, 0.15) is 31.5 Å². The Bertz CT molecular complexity index is 1090. The number of likely N-dealkylation sites (tertiary alicyclic amines) is 1. The topological polar surface area (TPSA) is 47.4 Å². The van der Waals surface area contributed by atoms with Gasteiger partial charge in [-0.05, 0) is 68.8 Å². The van der Waals surface area contributed by atoms with Crippen molar-refractivity contribution < 1.29 is 17.9 Å². The van der Waals surface area contributed by atoms with Crippen LogP contribution in [0.5, 0.6) is 5.75 Å². The molecule has 1 aliphatic rings. The number of rotatable bonds is 6. The summed E-state index contributed by atoms with van der Waals surface area (Å²) in [6.45, 7) is 3.77. The fourth-order valence-corrected chi connectivity index (χ4v) is 3.92. The molecule has 0 aliphatic carbocycles. The third-order valence-electron chi connectivity index (χ3n) is 5.46. The normalized spacial score (nSPS) is 15.3. The maximum absolute atomic E-state index is 13.6. The SMILES string of the molecule is O=c1c2ccccc2nc(C(F)(F)F)n1-c1ccc(OCCCN2CCCCC2)cc1. The van der Waals surface area contributed by atoms with Crippen molar-refractivity contribution >= 4 is 10.9 Å². The highest BCUT2D eigenvalue weighted by molar-refractivity contribution is 5.77. The molecule has 2 aromatic carbocycles. The third-order valence-corrected chi connectivity index (χ3v) is 5.46. The zero-order valence-electron chi connectivity index (χ0n) is 17.1. The lowest BCUT2D eigenvalue weighted by Gasteiger charge is -2.26. The van der Waals surface area contributed by atoms with E-state index in [0.717, 1.165) is 26.1 Å². The Labute approximate surface area is 178 Å². The number of aromatic nitrogens is 2. The summed E-state index contributed by atoms with van der Waals surface area (Å²) in [6, 6.07) is 12.1. The standard InChI is InChI=1S/C23H24F3N3O2/c24-23(25,26)22-27-20-8-3-2-7-19(20)21(30)29(22)17-9-11-18(12-10-17)31-16-6-15-28-13-4-1-5-14-28/h2-3,7-12H,1,4-6,13-16H2. The predicted molar refractivity (Wildman–Crippen MR) is 113 cm³/mol. The maximum atomic E-state index is 13.6. The summed E-state index contributed by atoms with van der Waals surface area (Å²) in [5.41, 5.74) is -0.644. The fourth-order valence-electron chi connectivity index (χ4n) is 3.92. The highest BCUT2D eigenvalue weighted by Crippen LogP contribution is 2.30. The second-order valence-electron chi connectivity index (χ2n) is 7.69. The van der Waals surface area contributed by atoms with Crippen molar-refractivity contribution in [1.29, 1.82) is 0 Å². The van der Waals surface area contributed by atoms with Gasteiger partial charge in [-0.2, -0.15) is 13.2 Å². The fraction of sp³-hybridized carbons (Fsp3) is 0.391. The third kappa shape index (κ3) is 4.90. The Hall–Kier alpha value is -2.87. The summed E-state index contributed by atoms with van der Waals surface area (Å²) < 4.78 is 47.2. The molecular weight excluding hydrogens is 407 g/mol. The van der Waals surface area contributed by atoms with Crippen LogP contribution in [-0.2, 0) is 6.18 Å². The van der Waals surface area contributed by atoms with Gasteiger partial charge in [0.1, 0.15) is 5.75 Å². The molecule has 0 spiro atoms. The van der Waals surface area contributed by atoms with Crippen molar-refractivity contribution in [2.24, 2.45) is 0 Å². The van der Waals surface area contributed by atoms with Crippen molar-refractivity contribution in [3.63, 3.8) is 0 Å². The van der Waals surface area contributed by atoms with Crippen LogP contribution in [0.4, 0.5) is 13.2 Å². The first-order chi connectivity index (χ1) is 14.9. The highest BCUT2D eigenvalue weighted by Gasteiger charge is 2.37. The number of piperidine rings is 1. The van der Waals surface area contributed by atoms with E-state index >= 15 is 0 Å². The molecule has 0 unspecified atom stereocenters. The van der Waals surface area contributed by atoms with Crippen molar-refractivity contribution in [2.45, 2.75) is 31.9 Å². The van der Waals surface area contributed by atoms with Crippen molar-refractivity contribution in [3.05, 3.63) is 64.7 Å². The van der Waals surface area contributed by atoms with Gasteiger partial charge in [0.05, 0.1) is 23.2 Å². The van der Waals surface area contributed by atoms with E-state index in [4.69, 9.17) is 4.74 Å². The quantitative estimate of drug-likeness (QED) is 0.533. The van der Waals surface area contributed by atoms with Crippen molar-refractivity contribution in [1.82, 2.24) is 14.5 Å². The van der Waals surface area contributed by atoms with Gasteiger partial charge in [0.2, 0.25) is 5.82 Å². The molecule has 0 saturated carbocycles. The van der Waals surface area contributed by atoms with Crippen LogP contribution in [0.2, 0.25) is 0 Å². The number of alkyl halides is 3. The summed E-state index contributed by atoms with van der Waals surface area (Å²) >= 11 is 0. The molecule has 0 atom stereocenters. The molecule has 1 aliphatic heterocycles. The lowest BCUT2D eigenvalue weighted by atomic mass is 10.1. The molecule has 0 bridgehead atoms. The molecule has 5 nitrogen and oxygen atoms in total. The van der Waals surface area contributed by atoms with Crippen LogP contribution in [-0.4, -0.2) is 40.7 Å². The summed E-state index contributed by atoms with van der Waals surface area (Å²) in [4.78, 5) is 19.0. The number of nitrogens with zero attached hydrogens (tertiary/aromatic N) is 3. The van der Waals surface area contributed by atoms with Gasteiger partial charge < -0.3 is 9.64 Å². The maximum Gasteiger partial charge on any atom is 0.450 e. The van der Waals surface area contributed by atoms with Crippen molar-refractivity contribution in [2.75, 3.05) is 26.2 Å². The molecule has 0 N–H and O–H groups in total. The van der Waals surface area contributed by atoms with Gasteiger partial charge in [-0.15, -0.1) is 0 Å². The number of ether oxygens (including phenoxy) is 1. The molecular formula is C23H24F3N3O2. The lowest BCUT2D eigenvalue weighted by molar-refractivity contribution is -0.146. The number of benzene rings is 2. The van der Waals surface area contributed by atoms with Gasteiger partial charge in [-0.3, -0.25) is 9.36 Å². The number of hydrogen-bond acceptors (Lipinski definition) is 4. The number of para-hydroxylation sites is 1. The minimum absolute atomic E-state index is 0.0183. The van der Waals surface area contributed by atoms with E-state index in [1.54, 1.807) is 24.3 Å². The van der Waals surface area contributed by atoms with Gasteiger partial charge in [-0.25, -0.2) is 4.98 Å². The van der Waals surface area contributed by atoms with Crippen LogP contribution >= 0.6 is 0 Å². The van der Waals surface area contributed by atoms with Gasteiger partial charge in [0, 0.05) is 6.54 Å². The molecule has 3 aromatic rings. The molecule has 164 valence electrons.